The summed E-state index contributed by atoms with van der Waals surface area (Å²) in [6, 6.07) is 0. The second kappa shape index (κ2) is 6.66. The van der Waals surface area contributed by atoms with Crippen LogP contribution < -0.4 is 4.74 Å². The molecule has 0 atom stereocenters. The molecule has 0 aliphatic carbocycles. The molecule has 0 radical (unpaired) electrons. The highest BCUT2D eigenvalue weighted by atomic mass is 16.5. The van der Waals surface area contributed by atoms with E-state index in [1.54, 1.807) is 12.4 Å². The number of nitrogens with zero attached hydrogens (tertiary/aromatic N) is 3. The predicted molar refractivity (Wildman–Crippen MR) is 68.9 cm³/mol. The lowest BCUT2D eigenvalue weighted by atomic mass is 10.2. The average Bonchev–Trinajstić information content (AvgIpc) is 2.40. The number of rotatable bonds is 5. The minimum atomic E-state index is 0.354. The Labute approximate surface area is 108 Å². The molecule has 0 unspecified atom stereocenters. The Hall–Kier alpha value is -1.20. The van der Waals surface area contributed by atoms with Gasteiger partial charge in [0.2, 0.25) is 0 Å². The molecule has 0 saturated carbocycles. The topological polar surface area (TPSA) is 47.5 Å². The number of hydrogen-bond donors (Lipinski definition) is 0. The zero-order valence-electron chi connectivity index (χ0n) is 11.1. The van der Waals surface area contributed by atoms with Crippen molar-refractivity contribution in [3.8, 4) is 5.75 Å². The van der Waals surface area contributed by atoms with Gasteiger partial charge in [-0.05, 0) is 0 Å². The third-order valence-corrected chi connectivity index (χ3v) is 2.94. The van der Waals surface area contributed by atoms with Crippen LogP contribution in [-0.4, -0.2) is 54.3 Å². The largest absolute Gasteiger partial charge is 0.489 e. The number of aromatic nitrogens is 2. The third kappa shape index (κ3) is 3.92. The van der Waals surface area contributed by atoms with E-state index in [9.17, 15) is 0 Å². The van der Waals surface area contributed by atoms with Crippen molar-refractivity contribution >= 4 is 0 Å². The maximum atomic E-state index is 5.64. The van der Waals surface area contributed by atoms with Crippen molar-refractivity contribution in [2.45, 2.75) is 19.8 Å². The molecule has 1 fully saturated rings. The lowest BCUT2D eigenvalue weighted by molar-refractivity contribution is 0.0322. The fourth-order valence-electron chi connectivity index (χ4n) is 1.82. The fourth-order valence-corrected chi connectivity index (χ4v) is 1.82. The van der Waals surface area contributed by atoms with Crippen LogP contribution in [0.2, 0.25) is 0 Å². The summed E-state index contributed by atoms with van der Waals surface area (Å²) in [5.74, 6) is 1.95. The Morgan fingerprint density at radius 3 is 2.56 bits per heavy atom. The van der Waals surface area contributed by atoms with Gasteiger partial charge in [-0.1, -0.05) is 13.8 Å². The molecule has 1 saturated heterocycles. The Balaban J connectivity index is 1.72. The van der Waals surface area contributed by atoms with Gasteiger partial charge in [0.25, 0.3) is 0 Å². The molecule has 0 amide bonds. The lowest BCUT2D eigenvalue weighted by Gasteiger charge is -2.26. The molecule has 0 aromatic carbocycles. The second-order valence-corrected chi connectivity index (χ2v) is 4.73. The van der Waals surface area contributed by atoms with Gasteiger partial charge in [0, 0.05) is 25.6 Å². The first-order valence-electron chi connectivity index (χ1n) is 6.50. The van der Waals surface area contributed by atoms with Gasteiger partial charge in [-0.2, -0.15) is 0 Å². The van der Waals surface area contributed by atoms with Crippen LogP contribution in [0.25, 0.3) is 0 Å². The molecule has 18 heavy (non-hydrogen) atoms. The molecule has 1 aliphatic rings. The summed E-state index contributed by atoms with van der Waals surface area (Å²) in [6.07, 6.45) is 3.50. The molecule has 2 rings (SSSR count). The minimum absolute atomic E-state index is 0.354. The summed E-state index contributed by atoms with van der Waals surface area (Å²) in [5.41, 5.74) is 0. The summed E-state index contributed by atoms with van der Waals surface area (Å²) in [7, 11) is 0. The zero-order valence-corrected chi connectivity index (χ0v) is 11.1. The van der Waals surface area contributed by atoms with Crippen LogP contribution in [-0.2, 0) is 4.74 Å². The van der Waals surface area contributed by atoms with E-state index in [0.29, 0.717) is 12.5 Å². The molecule has 100 valence electrons. The highest BCUT2D eigenvalue weighted by molar-refractivity contribution is 5.13. The molecule has 2 heterocycles. The second-order valence-electron chi connectivity index (χ2n) is 4.73. The normalized spacial score (nSPS) is 17.1. The Morgan fingerprint density at radius 1 is 1.28 bits per heavy atom. The van der Waals surface area contributed by atoms with Crippen LogP contribution in [0.3, 0.4) is 0 Å². The Kier molecular flexibility index (Phi) is 4.90. The maximum absolute atomic E-state index is 5.64. The average molecular weight is 251 g/mol. The highest BCUT2D eigenvalue weighted by Crippen LogP contribution is 2.12. The first-order chi connectivity index (χ1) is 8.75. The van der Waals surface area contributed by atoms with Crippen molar-refractivity contribution in [2.75, 3.05) is 39.5 Å². The Morgan fingerprint density at radius 2 is 1.94 bits per heavy atom. The summed E-state index contributed by atoms with van der Waals surface area (Å²) in [6.45, 7) is 9.39. The molecule has 0 bridgehead atoms. The summed E-state index contributed by atoms with van der Waals surface area (Å²) < 4.78 is 10.9. The van der Waals surface area contributed by atoms with Gasteiger partial charge in [-0.25, -0.2) is 9.97 Å². The molecular formula is C13H21N3O2. The van der Waals surface area contributed by atoms with Crippen LogP contribution in [0.4, 0.5) is 0 Å². The van der Waals surface area contributed by atoms with E-state index >= 15 is 0 Å². The van der Waals surface area contributed by atoms with E-state index in [2.05, 4.69) is 28.7 Å². The predicted octanol–water partition coefficient (Wildman–Crippen LogP) is 1.31. The van der Waals surface area contributed by atoms with Crippen LogP contribution in [0, 0.1) is 0 Å². The quantitative estimate of drug-likeness (QED) is 0.789. The van der Waals surface area contributed by atoms with E-state index in [-0.39, 0.29) is 0 Å². The van der Waals surface area contributed by atoms with E-state index in [4.69, 9.17) is 9.47 Å². The van der Waals surface area contributed by atoms with Crippen molar-refractivity contribution in [2.24, 2.45) is 0 Å². The smallest absolute Gasteiger partial charge is 0.155 e. The van der Waals surface area contributed by atoms with Crippen molar-refractivity contribution in [1.82, 2.24) is 14.9 Å². The third-order valence-electron chi connectivity index (χ3n) is 2.94. The summed E-state index contributed by atoms with van der Waals surface area (Å²) in [4.78, 5) is 10.9. The van der Waals surface area contributed by atoms with Gasteiger partial charge >= 0.3 is 0 Å². The first kappa shape index (κ1) is 13.2. The number of ether oxygens (including phenoxy) is 2. The van der Waals surface area contributed by atoms with Crippen molar-refractivity contribution in [1.29, 1.82) is 0 Å². The number of morpholine rings is 1. The van der Waals surface area contributed by atoms with E-state index in [1.807, 2.05) is 0 Å². The van der Waals surface area contributed by atoms with Gasteiger partial charge in [0.1, 0.15) is 12.4 Å². The van der Waals surface area contributed by atoms with Crippen LogP contribution >= 0.6 is 0 Å². The minimum Gasteiger partial charge on any atom is -0.489 e. The van der Waals surface area contributed by atoms with Gasteiger partial charge < -0.3 is 9.47 Å². The molecule has 0 N–H and O–H groups in total. The van der Waals surface area contributed by atoms with Gasteiger partial charge in [-0.15, -0.1) is 0 Å². The molecule has 5 nitrogen and oxygen atoms in total. The summed E-state index contributed by atoms with van der Waals surface area (Å²) >= 11 is 0. The highest BCUT2D eigenvalue weighted by Gasteiger charge is 2.10. The monoisotopic (exact) mass is 251 g/mol. The van der Waals surface area contributed by atoms with Gasteiger partial charge in [0.15, 0.2) is 5.75 Å². The summed E-state index contributed by atoms with van der Waals surface area (Å²) in [5, 5.41) is 0. The van der Waals surface area contributed by atoms with Gasteiger partial charge in [-0.3, -0.25) is 4.90 Å². The lowest BCUT2D eigenvalue weighted by Crippen LogP contribution is -2.38. The van der Waals surface area contributed by atoms with E-state index in [1.165, 1.54) is 0 Å². The van der Waals surface area contributed by atoms with Gasteiger partial charge in [0.05, 0.1) is 25.6 Å². The first-order valence-corrected chi connectivity index (χ1v) is 6.50. The van der Waals surface area contributed by atoms with Crippen LogP contribution in [0.1, 0.15) is 25.6 Å². The van der Waals surface area contributed by atoms with Crippen molar-refractivity contribution in [3.63, 3.8) is 0 Å². The Bertz CT molecular complexity index is 348. The molecular weight excluding hydrogens is 230 g/mol. The zero-order chi connectivity index (χ0) is 12.8. The maximum Gasteiger partial charge on any atom is 0.155 e. The standard InChI is InChI=1S/C13H21N3O2/c1-11(2)13-14-9-12(10-15-13)18-8-5-16-3-6-17-7-4-16/h9-11H,3-8H2,1-2H3. The van der Waals surface area contributed by atoms with Crippen molar-refractivity contribution in [3.05, 3.63) is 18.2 Å². The molecule has 0 spiro atoms. The molecule has 1 aromatic rings. The van der Waals surface area contributed by atoms with Crippen LogP contribution in [0.5, 0.6) is 5.75 Å². The van der Waals surface area contributed by atoms with E-state index < -0.39 is 0 Å². The molecule has 1 aliphatic heterocycles. The van der Waals surface area contributed by atoms with Crippen LogP contribution in [0.15, 0.2) is 12.4 Å². The van der Waals surface area contributed by atoms with Crippen molar-refractivity contribution < 1.29 is 9.47 Å². The molecule has 5 heteroatoms. The SMILES string of the molecule is CC(C)c1ncc(OCCN2CCOCC2)cn1. The molecule has 1 aromatic heterocycles. The fraction of sp³-hybridized carbons (Fsp3) is 0.692. The number of hydrogen-bond acceptors (Lipinski definition) is 5. The van der Waals surface area contributed by atoms with E-state index in [0.717, 1.165) is 44.4 Å².